The quantitative estimate of drug-likeness (QED) is 0.793. The van der Waals surface area contributed by atoms with Gasteiger partial charge < -0.3 is 5.32 Å². The third-order valence-electron chi connectivity index (χ3n) is 4.12. The third kappa shape index (κ3) is 5.39. The molecule has 1 heterocycles. The van der Waals surface area contributed by atoms with Gasteiger partial charge in [-0.05, 0) is 44.2 Å². The Morgan fingerprint density at radius 1 is 1.18 bits per heavy atom. The van der Waals surface area contributed by atoms with E-state index < -0.39 is 0 Å². The fourth-order valence-electron chi connectivity index (χ4n) is 2.71. The highest BCUT2D eigenvalue weighted by molar-refractivity contribution is 4.81. The summed E-state index contributed by atoms with van der Waals surface area (Å²) in [5, 5.41) is 3.59. The zero-order chi connectivity index (χ0) is 12.9. The maximum Gasteiger partial charge on any atom is 0.0218 e. The summed E-state index contributed by atoms with van der Waals surface area (Å²) in [5.74, 6) is 0. The van der Waals surface area contributed by atoms with E-state index in [9.17, 15) is 0 Å². The first kappa shape index (κ1) is 15.0. The molecule has 1 fully saturated rings. The van der Waals surface area contributed by atoms with Gasteiger partial charge in [0.2, 0.25) is 0 Å². The standard InChI is InChI=1S/C15H32N2/c1-6-14(12-16-13(2)3)17-10-7-8-15(4,5)9-11-17/h13-14,16H,6-12H2,1-5H3. The fourth-order valence-corrected chi connectivity index (χ4v) is 2.71. The number of likely N-dealkylation sites (tertiary alicyclic amines) is 1. The molecule has 2 heteroatoms. The van der Waals surface area contributed by atoms with E-state index in [0.29, 0.717) is 11.5 Å². The molecule has 0 bridgehead atoms. The van der Waals surface area contributed by atoms with Crippen LogP contribution in [-0.2, 0) is 0 Å². The summed E-state index contributed by atoms with van der Waals surface area (Å²) in [5.41, 5.74) is 0.554. The van der Waals surface area contributed by atoms with E-state index in [1.54, 1.807) is 0 Å². The summed E-state index contributed by atoms with van der Waals surface area (Å²) in [6.07, 6.45) is 5.37. The van der Waals surface area contributed by atoms with Crippen molar-refractivity contribution >= 4 is 0 Å². The molecule has 17 heavy (non-hydrogen) atoms. The molecule has 1 N–H and O–H groups in total. The summed E-state index contributed by atoms with van der Waals surface area (Å²) in [6.45, 7) is 15.4. The highest BCUT2D eigenvalue weighted by Crippen LogP contribution is 2.30. The molecule has 1 unspecified atom stereocenters. The summed E-state index contributed by atoms with van der Waals surface area (Å²) in [4.78, 5) is 2.71. The van der Waals surface area contributed by atoms with Crippen LogP contribution < -0.4 is 5.32 Å². The van der Waals surface area contributed by atoms with E-state index in [2.05, 4.69) is 44.8 Å². The van der Waals surface area contributed by atoms with Gasteiger partial charge in [-0.15, -0.1) is 0 Å². The normalized spacial score (nSPS) is 23.6. The van der Waals surface area contributed by atoms with Gasteiger partial charge in [0, 0.05) is 18.6 Å². The largest absolute Gasteiger partial charge is 0.313 e. The van der Waals surface area contributed by atoms with Crippen molar-refractivity contribution in [2.75, 3.05) is 19.6 Å². The van der Waals surface area contributed by atoms with Crippen LogP contribution in [0.25, 0.3) is 0 Å². The van der Waals surface area contributed by atoms with Gasteiger partial charge in [-0.2, -0.15) is 0 Å². The maximum absolute atomic E-state index is 3.59. The van der Waals surface area contributed by atoms with E-state index >= 15 is 0 Å². The Labute approximate surface area is 108 Å². The first-order valence-electron chi connectivity index (χ1n) is 7.42. The van der Waals surface area contributed by atoms with E-state index in [1.165, 1.54) is 38.8 Å². The molecule has 0 aliphatic carbocycles. The molecule has 0 aromatic rings. The van der Waals surface area contributed by atoms with Gasteiger partial charge in [0.05, 0.1) is 0 Å². The second-order valence-corrected chi connectivity index (χ2v) is 6.68. The van der Waals surface area contributed by atoms with Crippen molar-refractivity contribution < 1.29 is 0 Å². The van der Waals surface area contributed by atoms with Crippen molar-refractivity contribution in [3.63, 3.8) is 0 Å². The molecule has 0 amide bonds. The number of hydrogen-bond acceptors (Lipinski definition) is 2. The Morgan fingerprint density at radius 3 is 2.47 bits per heavy atom. The Kier molecular flexibility index (Phi) is 5.94. The topological polar surface area (TPSA) is 15.3 Å². The SMILES string of the molecule is CCC(CNC(C)C)N1CCCC(C)(C)CC1. The molecule has 1 rings (SSSR count). The molecule has 102 valence electrons. The van der Waals surface area contributed by atoms with Crippen LogP contribution in [0.5, 0.6) is 0 Å². The molecule has 0 radical (unpaired) electrons. The smallest absolute Gasteiger partial charge is 0.0218 e. The zero-order valence-electron chi connectivity index (χ0n) is 12.6. The predicted octanol–water partition coefficient (Wildman–Crippen LogP) is 3.28. The van der Waals surface area contributed by atoms with Crippen LogP contribution in [0.1, 0.15) is 60.3 Å². The molecular weight excluding hydrogens is 208 g/mol. The van der Waals surface area contributed by atoms with Gasteiger partial charge in [0.1, 0.15) is 0 Å². The minimum atomic E-state index is 0.554. The van der Waals surface area contributed by atoms with Gasteiger partial charge in [-0.1, -0.05) is 34.6 Å². The highest BCUT2D eigenvalue weighted by atomic mass is 15.2. The molecule has 1 aliphatic rings. The van der Waals surface area contributed by atoms with Crippen molar-refractivity contribution in [1.82, 2.24) is 10.2 Å². The van der Waals surface area contributed by atoms with Crippen LogP contribution in [-0.4, -0.2) is 36.6 Å². The van der Waals surface area contributed by atoms with Crippen molar-refractivity contribution in [3.05, 3.63) is 0 Å². The lowest BCUT2D eigenvalue weighted by atomic mass is 9.85. The average molecular weight is 240 g/mol. The Morgan fingerprint density at radius 2 is 1.88 bits per heavy atom. The summed E-state index contributed by atoms with van der Waals surface area (Å²) >= 11 is 0. The van der Waals surface area contributed by atoms with E-state index in [-0.39, 0.29) is 0 Å². The minimum Gasteiger partial charge on any atom is -0.313 e. The molecule has 1 aliphatic heterocycles. The van der Waals surface area contributed by atoms with Gasteiger partial charge in [0.25, 0.3) is 0 Å². The maximum atomic E-state index is 3.59. The van der Waals surface area contributed by atoms with Crippen LogP contribution in [0.15, 0.2) is 0 Å². The molecule has 0 aromatic heterocycles. The van der Waals surface area contributed by atoms with Crippen LogP contribution in [0, 0.1) is 5.41 Å². The Balaban J connectivity index is 2.45. The Hall–Kier alpha value is -0.0800. The lowest BCUT2D eigenvalue weighted by molar-refractivity contribution is 0.183. The first-order chi connectivity index (χ1) is 7.94. The summed E-state index contributed by atoms with van der Waals surface area (Å²) in [6, 6.07) is 1.33. The number of rotatable bonds is 5. The summed E-state index contributed by atoms with van der Waals surface area (Å²) in [7, 11) is 0. The fraction of sp³-hybridized carbons (Fsp3) is 1.00. The molecule has 0 aromatic carbocycles. The highest BCUT2D eigenvalue weighted by Gasteiger charge is 2.26. The van der Waals surface area contributed by atoms with E-state index in [0.717, 1.165) is 12.6 Å². The lowest BCUT2D eigenvalue weighted by Gasteiger charge is -2.31. The Bertz CT molecular complexity index is 211. The van der Waals surface area contributed by atoms with Gasteiger partial charge in [-0.25, -0.2) is 0 Å². The second-order valence-electron chi connectivity index (χ2n) is 6.68. The molecule has 1 atom stereocenters. The van der Waals surface area contributed by atoms with Crippen LogP contribution >= 0.6 is 0 Å². The second kappa shape index (κ2) is 6.75. The van der Waals surface area contributed by atoms with Crippen LogP contribution in [0.3, 0.4) is 0 Å². The molecule has 0 saturated carbocycles. The molecule has 2 nitrogen and oxygen atoms in total. The molecular formula is C15H32N2. The van der Waals surface area contributed by atoms with Crippen molar-refractivity contribution in [2.24, 2.45) is 5.41 Å². The van der Waals surface area contributed by atoms with Crippen LogP contribution in [0.2, 0.25) is 0 Å². The van der Waals surface area contributed by atoms with Gasteiger partial charge >= 0.3 is 0 Å². The number of nitrogens with one attached hydrogen (secondary N) is 1. The minimum absolute atomic E-state index is 0.554. The molecule has 1 saturated heterocycles. The van der Waals surface area contributed by atoms with E-state index in [4.69, 9.17) is 0 Å². The number of hydrogen-bond donors (Lipinski definition) is 1. The number of nitrogens with zero attached hydrogens (tertiary/aromatic N) is 1. The predicted molar refractivity (Wildman–Crippen MR) is 76.4 cm³/mol. The van der Waals surface area contributed by atoms with Crippen LogP contribution in [0.4, 0.5) is 0 Å². The third-order valence-corrected chi connectivity index (χ3v) is 4.12. The van der Waals surface area contributed by atoms with Gasteiger partial charge in [-0.3, -0.25) is 4.90 Å². The monoisotopic (exact) mass is 240 g/mol. The van der Waals surface area contributed by atoms with Gasteiger partial charge in [0.15, 0.2) is 0 Å². The molecule has 0 spiro atoms. The average Bonchev–Trinajstić information content (AvgIpc) is 2.41. The summed E-state index contributed by atoms with van der Waals surface area (Å²) < 4.78 is 0. The van der Waals surface area contributed by atoms with Crippen molar-refractivity contribution in [3.8, 4) is 0 Å². The lowest BCUT2D eigenvalue weighted by Crippen LogP contribution is -2.44. The van der Waals surface area contributed by atoms with E-state index in [1.807, 2.05) is 0 Å². The zero-order valence-corrected chi connectivity index (χ0v) is 12.6. The van der Waals surface area contributed by atoms with Crippen molar-refractivity contribution in [2.45, 2.75) is 72.4 Å². The van der Waals surface area contributed by atoms with Crippen molar-refractivity contribution in [1.29, 1.82) is 0 Å². The first-order valence-corrected chi connectivity index (χ1v) is 7.42.